The molecule has 3 amide bonds. The van der Waals surface area contributed by atoms with Crippen molar-refractivity contribution in [2.45, 2.75) is 24.3 Å². The number of hydrazine groups is 1. The lowest BCUT2D eigenvalue weighted by Gasteiger charge is -2.09. The van der Waals surface area contributed by atoms with E-state index in [1.54, 1.807) is 48.2 Å². The highest BCUT2D eigenvalue weighted by Gasteiger charge is 2.09. The first-order valence-corrected chi connectivity index (χ1v) is 11.6. The number of H-pyrrole nitrogens is 1. The van der Waals surface area contributed by atoms with Crippen LogP contribution in [0.4, 0.5) is 5.69 Å². The van der Waals surface area contributed by atoms with Gasteiger partial charge in [0.25, 0.3) is 5.91 Å². The number of para-hydroxylation sites is 2. The molecule has 34 heavy (non-hydrogen) atoms. The zero-order valence-corrected chi connectivity index (χ0v) is 19.2. The molecule has 8 nitrogen and oxygen atoms in total. The van der Waals surface area contributed by atoms with Crippen molar-refractivity contribution >= 4 is 46.2 Å². The Morgan fingerprint density at radius 3 is 2.29 bits per heavy atom. The number of amides is 3. The Balaban J connectivity index is 1.23. The number of aromatic nitrogens is 2. The monoisotopic (exact) mass is 473 g/mol. The summed E-state index contributed by atoms with van der Waals surface area (Å²) in [5.74, 6) is -0.198. The van der Waals surface area contributed by atoms with Crippen LogP contribution in [0.15, 0.2) is 78.0 Å². The second-order valence-electron chi connectivity index (χ2n) is 7.60. The van der Waals surface area contributed by atoms with Gasteiger partial charge < -0.3 is 10.3 Å². The van der Waals surface area contributed by atoms with Crippen LogP contribution in [0.1, 0.15) is 28.4 Å². The van der Waals surface area contributed by atoms with Crippen LogP contribution in [-0.4, -0.2) is 27.7 Å². The predicted molar refractivity (Wildman–Crippen MR) is 132 cm³/mol. The van der Waals surface area contributed by atoms with E-state index in [0.717, 1.165) is 27.3 Å². The van der Waals surface area contributed by atoms with Crippen LogP contribution in [0.2, 0.25) is 0 Å². The number of carbonyl (C=O) groups excluding carboxylic acids is 3. The molecule has 0 radical (unpaired) electrons. The molecule has 0 saturated heterocycles. The second-order valence-corrected chi connectivity index (χ2v) is 8.57. The lowest BCUT2D eigenvalue weighted by Crippen LogP contribution is -2.42. The van der Waals surface area contributed by atoms with Crippen molar-refractivity contribution in [1.82, 2.24) is 20.8 Å². The largest absolute Gasteiger partial charge is 0.333 e. The van der Waals surface area contributed by atoms with E-state index in [1.807, 2.05) is 36.4 Å². The molecule has 0 aliphatic heterocycles. The molecule has 172 valence electrons. The molecular formula is C25H23N5O3S. The van der Waals surface area contributed by atoms with E-state index in [-0.39, 0.29) is 18.2 Å². The van der Waals surface area contributed by atoms with Gasteiger partial charge >= 0.3 is 0 Å². The number of nitrogens with one attached hydrogen (secondary N) is 4. The molecule has 3 aromatic carbocycles. The third-order valence-corrected chi connectivity index (χ3v) is 5.86. The van der Waals surface area contributed by atoms with Crippen molar-refractivity contribution in [3.8, 4) is 0 Å². The number of anilines is 1. The van der Waals surface area contributed by atoms with Crippen LogP contribution in [0, 0.1) is 0 Å². The Labute approximate surface area is 200 Å². The van der Waals surface area contributed by atoms with E-state index >= 15 is 0 Å². The number of thioether (sulfide) groups is 1. The minimum absolute atomic E-state index is 0.0958. The zero-order chi connectivity index (χ0) is 23.9. The summed E-state index contributed by atoms with van der Waals surface area (Å²) in [6.45, 7) is 1.43. The number of rotatable bonds is 7. The second kappa shape index (κ2) is 10.7. The fourth-order valence-corrected chi connectivity index (χ4v) is 4.08. The SMILES string of the molecule is CC(=O)Nc1ccc(CC(=O)NNC(=O)c2ccc(CSc3nc4ccccc4[nH]3)cc2)cc1. The van der Waals surface area contributed by atoms with Crippen molar-refractivity contribution in [2.75, 3.05) is 5.32 Å². The average molecular weight is 474 g/mol. The van der Waals surface area contributed by atoms with E-state index in [1.165, 1.54) is 6.92 Å². The highest BCUT2D eigenvalue weighted by molar-refractivity contribution is 7.98. The summed E-state index contributed by atoms with van der Waals surface area (Å²) in [7, 11) is 0. The van der Waals surface area contributed by atoms with Gasteiger partial charge in [-0.05, 0) is 47.5 Å². The maximum atomic E-state index is 12.4. The van der Waals surface area contributed by atoms with Crippen molar-refractivity contribution < 1.29 is 14.4 Å². The maximum Gasteiger partial charge on any atom is 0.269 e. The molecule has 9 heteroatoms. The van der Waals surface area contributed by atoms with E-state index < -0.39 is 5.91 Å². The Hall–Kier alpha value is -4.11. The first kappa shape index (κ1) is 23.1. The molecule has 0 bridgehead atoms. The summed E-state index contributed by atoms with van der Waals surface area (Å²) < 4.78 is 0. The third-order valence-electron chi connectivity index (χ3n) is 4.91. The molecular weight excluding hydrogens is 450 g/mol. The molecule has 0 saturated carbocycles. The molecule has 0 aliphatic carbocycles. The van der Waals surface area contributed by atoms with E-state index in [2.05, 4.69) is 26.1 Å². The Kier molecular flexibility index (Phi) is 7.24. The maximum absolute atomic E-state index is 12.4. The van der Waals surface area contributed by atoms with Gasteiger partial charge in [-0.2, -0.15) is 0 Å². The standard InChI is InChI=1S/C25H23N5O3S/c1-16(31)26-20-12-8-17(9-13-20)14-23(32)29-30-24(33)19-10-6-18(7-11-19)15-34-25-27-21-4-2-3-5-22(21)28-25/h2-13H,14-15H2,1H3,(H,26,31)(H,27,28)(H,29,32)(H,30,33). The minimum Gasteiger partial charge on any atom is -0.333 e. The molecule has 0 aliphatic rings. The third kappa shape index (κ3) is 6.23. The summed E-state index contributed by atoms with van der Waals surface area (Å²) in [6, 6.07) is 22.0. The topological polar surface area (TPSA) is 116 Å². The van der Waals surface area contributed by atoms with Gasteiger partial charge in [-0.15, -0.1) is 0 Å². The van der Waals surface area contributed by atoms with E-state index in [9.17, 15) is 14.4 Å². The van der Waals surface area contributed by atoms with Gasteiger partial charge in [-0.3, -0.25) is 25.2 Å². The summed E-state index contributed by atoms with van der Waals surface area (Å²) in [5.41, 5.74) is 9.70. The summed E-state index contributed by atoms with van der Waals surface area (Å²) in [5, 5.41) is 3.51. The van der Waals surface area contributed by atoms with Crippen molar-refractivity contribution in [3.63, 3.8) is 0 Å². The number of nitrogens with zero attached hydrogens (tertiary/aromatic N) is 1. The van der Waals surface area contributed by atoms with Gasteiger partial charge in [0.1, 0.15) is 0 Å². The average Bonchev–Trinajstić information content (AvgIpc) is 3.25. The van der Waals surface area contributed by atoms with Crippen LogP contribution < -0.4 is 16.2 Å². The lowest BCUT2D eigenvalue weighted by atomic mass is 10.1. The van der Waals surface area contributed by atoms with Crippen LogP contribution in [-0.2, 0) is 21.8 Å². The fraction of sp³-hybridized carbons (Fsp3) is 0.120. The first-order valence-electron chi connectivity index (χ1n) is 10.6. The molecule has 0 atom stereocenters. The van der Waals surface area contributed by atoms with Gasteiger partial charge in [0.15, 0.2) is 5.16 Å². The van der Waals surface area contributed by atoms with Crippen molar-refractivity contribution in [3.05, 3.63) is 89.5 Å². The van der Waals surface area contributed by atoms with E-state index in [0.29, 0.717) is 17.0 Å². The van der Waals surface area contributed by atoms with Gasteiger partial charge in [-0.25, -0.2) is 4.98 Å². The number of benzene rings is 3. The van der Waals surface area contributed by atoms with Crippen LogP contribution >= 0.6 is 11.8 Å². The molecule has 4 rings (SSSR count). The molecule has 0 unspecified atom stereocenters. The Bertz CT molecular complexity index is 1280. The predicted octanol–water partition coefficient (Wildman–Crippen LogP) is 3.82. The number of hydrogen-bond acceptors (Lipinski definition) is 5. The highest BCUT2D eigenvalue weighted by atomic mass is 32.2. The number of carbonyl (C=O) groups is 3. The molecule has 1 heterocycles. The molecule has 1 aromatic heterocycles. The first-order chi connectivity index (χ1) is 16.5. The summed E-state index contributed by atoms with van der Waals surface area (Å²) >= 11 is 1.59. The fourth-order valence-electron chi connectivity index (χ4n) is 3.24. The number of imidazole rings is 1. The normalized spacial score (nSPS) is 10.6. The summed E-state index contributed by atoms with van der Waals surface area (Å²) in [6.07, 6.45) is 0.0958. The van der Waals surface area contributed by atoms with Gasteiger partial charge in [-0.1, -0.05) is 48.2 Å². The van der Waals surface area contributed by atoms with Gasteiger partial charge in [0.2, 0.25) is 11.8 Å². The Morgan fingerprint density at radius 2 is 1.59 bits per heavy atom. The molecule has 0 spiro atoms. The smallest absolute Gasteiger partial charge is 0.269 e. The highest BCUT2D eigenvalue weighted by Crippen LogP contribution is 2.23. The lowest BCUT2D eigenvalue weighted by molar-refractivity contribution is -0.121. The zero-order valence-electron chi connectivity index (χ0n) is 18.4. The van der Waals surface area contributed by atoms with Crippen molar-refractivity contribution in [2.24, 2.45) is 0 Å². The van der Waals surface area contributed by atoms with Gasteiger partial charge in [0.05, 0.1) is 17.5 Å². The quantitative estimate of drug-likeness (QED) is 0.241. The summed E-state index contributed by atoms with van der Waals surface area (Å²) in [4.78, 5) is 43.4. The van der Waals surface area contributed by atoms with Crippen molar-refractivity contribution in [1.29, 1.82) is 0 Å². The molecule has 4 aromatic rings. The van der Waals surface area contributed by atoms with Crippen LogP contribution in [0.3, 0.4) is 0 Å². The van der Waals surface area contributed by atoms with Gasteiger partial charge in [0, 0.05) is 23.9 Å². The minimum atomic E-state index is -0.397. The molecule has 0 fully saturated rings. The van der Waals surface area contributed by atoms with E-state index in [4.69, 9.17) is 0 Å². The molecule has 4 N–H and O–H groups in total. The number of fused-ring (bicyclic) bond motifs is 1. The Morgan fingerprint density at radius 1 is 0.882 bits per heavy atom. The number of hydrogen-bond donors (Lipinski definition) is 4. The van der Waals surface area contributed by atoms with Crippen LogP contribution in [0.5, 0.6) is 0 Å². The van der Waals surface area contributed by atoms with Crippen LogP contribution in [0.25, 0.3) is 11.0 Å². The number of aromatic amines is 1.